The van der Waals surface area contributed by atoms with Gasteiger partial charge in [0, 0.05) is 0 Å². The minimum absolute atomic E-state index is 0.152. The van der Waals surface area contributed by atoms with E-state index >= 15 is 0 Å². The Morgan fingerprint density at radius 1 is 1.50 bits per heavy atom. The topological polar surface area (TPSA) is 52.4 Å². The van der Waals surface area contributed by atoms with Gasteiger partial charge in [0.05, 0.1) is 11.5 Å². The van der Waals surface area contributed by atoms with Crippen LogP contribution in [0.3, 0.4) is 0 Å². The molecule has 6 heteroatoms. The van der Waals surface area contributed by atoms with E-state index < -0.39 is 22.2 Å². The highest BCUT2D eigenvalue weighted by Gasteiger charge is 2.24. The molecule has 0 heterocycles. The zero-order valence-electron chi connectivity index (χ0n) is 7.29. The highest BCUT2D eigenvalue weighted by atomic mass is 19.1. The molecule has 0 saturated heterocycles. The number of nitro groups is 1. The summed E-state index contributed by atoms with van der Waals surface area (Å²) in [5.41, 5.74) is -1.18. The van der Waals surface area contributed by atoms with Crippen molar-refractivity contribution in [3.05, 3.63) is 33.9 Å². The molecule has 0 amide bonds. The first-order chi connectivity index (χ1) is 6.57. The van der Waals surface area contributed by atoms with Gasteiger partial charge in [-0.1, -0.05) is 0 Å². The van der Waals surface area contributed by atoms with Crippen molar-refractivity contribution in [2.75, 3.05) is 6.61 Å². The molecule has 14 heavy (non-hydrogen) atoms. The Morgan fingerprint density at radius 2 is 2.14 bits per heavy atom. The fraction of sp³-hybridized carbons (Fsp3) is 0.250. The summed E-state index contributed by atoms with van der Waals surface area (Å²) in [6.07, 6.45) is 0. The van der Waals surface area contributed by atoms with Crippen molar-refractivity contribution in [3.8, 4) is 5.75 Å². The second kappa shape index (κ2) is 3.99. The van der Waals surface area contributed by atoms with Crippen molar-refractivity contribution < 1.29 is 18.4 Å². The second-order valence-corrected chi connectivity index (χ2v) is 2.40. The summed E-state index contributed by atoms with van der Waals surface area (Å²) in [5, 5.41) is 10.3. The molecular weight excluding hydrogens is 196 g/mol. The highest BCUT2D eigenvalue weighted by Crippen LogP contribution is 2.28. The van der Waals surface area contributed by atoms with Crippen LogP contribution >= 0.6 is 0 Å². The molecule has 0 N–H and O–H groups in total. The van der Waals surface area contributed by atoms with Crippen LogP contribution in [-0.2, 0) is 0 Å². The molecule has 0 radical (unpaired) electrons. The number of hydrogen-bond acceptors (Lipinski definition) is 3. The molecule has 1 aromatic carbocycles. The molecule has 0 unspecified atom stereocenters. The minimum atomic E-state index is -1.28. The van der Waals surface area contributed by atoms with Gasteiger partial charge in [0.2, 0.25) is 11.6 Å². The Labute approximate surface area is 78.3 Å². The molecule has 0 bridgehead atoms. The standard InChI is InChI=1S/C8H7F2NO3/c1-2-14-6-4-3-5(9)8(7(6)10)11(12)13/h3-4H,2H2,1H3. The Morgan fingerprint density at radius 3 is 2.64 bits per heavy atom. The minimum Gasteiger partial charge on any atom is -0.491 e. The molecule has 0 aliphatic carbocycles. The number of nitro benzene ring substituents is 1. The van der Waals surface area contributed by atoms with E-state index in [0.717, 1.165) is 12.1 Å². The monoisotopic (exact) mass is 203 g/mol. The zero-order valence-corrected chi connectivity index (χ0v) is 7.29. The summed E-state index contributed by atoms with van der Waals surface area (Å²) in [4.78, 5) is 9.15. The molecule has 0 atom stereocenters. The number of hydrogen-bond donors (Lipinski definition) is 0. The van der Waals surface area contributed by atoms with Gasteiger partial charge in [0.25, 0.3) is 0 Å². The van der Waals surface area contributed by atoms with Crippen molar-refractivity contribution >= 4 is 5.69 Å². The molecule has 4 nitrogen and oxygen atoms in total. The van der Waals surface area contributed by atoms with Crippen LogP contribution < -0.4 is 4.74 Å². The lowest BCUT2D eigenvalue weighted by Crippen LogP contribution is -2.01. The SMILES string of the molecule is CCOc1ccc(F)c([N+](=O)[O-])c1F. The van der Waals surface area contributed by atoms with E-state index in [1.807, 2.05) is 0 Å². The van der Waals surface area contributed by atoms with Crippen LogP contribution in [0.2, 0.25) is 0 Å². The first-order valence-electron chi connectivity index (χ1n) is 3.83. The van der Waals surface area contributed by atoms with Gasteiger partial charge < -0.3 is 4.74 Å². The van der Waals surface area contributed by atoms with Crippen LogP contribution in [0.5, 0.6) is 5.75 Å². The van der Waals surface area contributed by atoms with Crippen molar-refractivity contribution in [2.45, 2.75) is 6.92 Å². The smallest absolute Gasteiger partial charge is 0.343 e. The molecular formula is C8H7F2NO3. The van der Waals surface area contributed by atoms with Crippen LogP contribution in [0.1, 0.15) is 6.92 Å². The average molecular weight is 203 g/mol. The molecule has 0 saturated carbocycles. The molecule has 76 valence electrons. The van der Waals surface area contributed by atoms with Crippen molar-refractivity contribution in [1.29, 1.82) is 0 Å². The van der Waals surface area contributed by atoms with Gasteiger partial charge in [-0.3, -0.25) is 10.1 Å². The maximum atomic E-state index is 13.2. The van der Waals surface area contributed by atoms with E-state index in [1.165, 1.54) is 0 Å². The number of halogens is 2. The predicted molar refractivity (Wildman–Crippen MR) is 44.2 cm³/mol. The summed E-state index contributed by atoms with van der Waals surface area (Å²) < 4.78 is 30.7. The predicted octanol–water partition coefficient (Wildman–Crippen LogP) is 2.27. The molecule has 0 fully saturated rings. The lowest BCUT2D eigenvalue weighted by Gasteiger charge is -2.04. The zero-order chi connectivity index (χ0) is 10.7. The van der Waals surface area contributed by atoms with Crippen LogP contribution in [-0.4, -0.2) is 11.5 Å². The summed E-state index contributed by atoms with van der Waals surface area (Å²) >= 11 is 0. The van der Waals surface area contributed by atoms with Gasteiger partial charge in [-0.25, -0.2) is 0 Å². The van der Waals surface area contributed by atoms with Gasteiger partial charge in [0.1, 0.15) is 0 Å². The first kappa shape index (κ1) is 10.4. The van der Waals surface area contributed by atoms with Gasteiger partial charge in [-0.2, -0.15) is 8.78 Å². The Kier molecular flexibility index (Phi) is 2.95. The fourth-order valence-electron chi connectivity index (χ4n) is 0.957. The third-order valence-electron chi connectivity index (χ3n) is 1.51. The van der Waals surface area contributed by atoms with Gasteiger partial charge in [-0.15, -0.1) is 0 Å². The average Bonchev–Trinajstić information content (AvgIpc) is 2.10. The Bertz CT molecular complexity index is 368. The summed E-state index contributed by atoms with van der Waals surface area (Å²) in [5.74, 6) is -2.81. The summed E-state index contributed by atoms with van der Waals surface area (Å²) in [7, 11) is 0. The van der Waals surface area contributed by atoms with E-state index in [2.05, 4.69) is 0 Å². The number of rotatable bonds is 3. The summed E-state index contributed by atoms with van der Waals surface area (Å²) in [6.45, 7) is 1.74. The largest absolute Gasteiger partial charge is 0.491 e. The van der Waals surface area contributed by atoms with Crippen LogP contribution in [0.25, 0.3) is 0 Å². The molecule has 1 rings (SSSR count). The van der Waals surface area contributed by atoms with Crippen LogP contribution in [0.15, 0.2) is 12.1 Å². The lowest BCUT2D eigenvalue weighted by molar-refractivity contribution is -0.390. The third kappa shape index (κ3) is 1.78. The van der Waals surface area contributed by atoms with Crippen LogP contribution in [0, 0.1) is 21.7 Å². The lowest BCUT2D eigenvalue weighted by atomic mass is 10.3. The normalized spacial score (nSPS) is 9.93. The maximum Gasteiger partial charge on any atom is 0.343 e. The van der Waals surface area contributed by atoms with E-state index in [-0.39, 0.29) is 12.4 Å². The summed E-state index contributed by atoms with van der Waals surface area (Å²) in [6, 6.07) is 1.81. The molecule has 0 aliphatic rings. The van der Waals surface area contributed by atoms with E-state index in [4.69, 9.17) is 4.74 Å². The van der Waals surface area contributed by atoms with Crippen molar-refractivity contribution in [3.63, 3.8) is 0 Å². The highest BCUT2D eigenvalue weighted by molar-refractivity contribution is 5.41. The van der Waals surface area contributed by atoms with Gasteiger partial charge in [-0.05, 0) is 19.1 Å². The number of nitrogens with zero attached hydrogens (tertiary/aromatic N) is 1. The van der Waals surface area contributed by atoms with Gasteiger partial charge in [0.15, 0.2) is 5.75 Å². The van der Waals surface area contributed by atoms with Crippen molar-refractivity contribution in [2.24, 2.45) is 0 Å². The molecule has 0 aliphatic heterocycles. The first-order valence-corrected chi connectivity index (χ1v) is 3.83. The third-order valence-corrected chi connectivity index (χ3v) is 1.51. The molecule has 1 aromatic rings. The Balaban J connectivity index is 3.26. The van der Waals surface area contributed by atoms with Gasteiger partial charge >= 0.3 is 5.69 Å². The maximum absolute atomic E-state index is 13.2. The van der Waals surface area contributed by atoms with E-state index in [9.17, 15) is 18.9 Å². The van der Waals surface area contributed by atoms with E-state index in [1.54, 1.807) is 6.92 Å². The van der Waals surface area contributed by atoms with Crippen LogP contribution in [0.4, 0.5) is 14.5 Å². The Hall–Kier alpha value is -1.72. The van der Waals surface area contributed by atoms with Crippen molar-refractivity contribution in [1.82, 2.24) is 0 Å². The fourth-order valence-corrected chi connectivity index (χ4v) is 0.957. The number of ether oxygens (including phenoxy) is 1. The van der Waals surface area contributed by atoms with E-state index in [0.29, 0.717) is 0 Å². The molecule has 0 aromatic heterocycles. The number of benzene rings is 1. The molecule has 0 spiro atoms. The second-order valence-electron chi connectivity index (χ2n) is 2.40. The quantitative estimate of drug-likeness (QED) is 0.559.